The number of Topliss-reactive ketones (excluding diaryl/α,β-unsaturated/α-hetero) is 1. The van der Waals surface area contributed by atoms with Gasteiger partial charge in [0.1, 0.15) is 11.7 Å². The molecule has 1 aliphatic carbocycles. The minimum absolute atomic E-state index is 0.132. The molecule has 3 aliphatic heterocycles. The van der Waals surface area contributed by atoms with Crippen LogP contribution in [0.4, 0.5) is 16.2 Å². The van der Waals surface area contributed by atoms with E-state index in [0.29, 0.717) is 54.9 Å². The summed E-state index contributed by atoms with van der Waals surface area (Å²) in [6, 6.07) is 11.6. The Bertz CT molecular complexity index is 1380. The number of fused-ring (bicyclic) bond motifs is 3. The van der Waals surface area contributed by atoms with Crippen LogP contribution < -0.4 is 15.6 Å². The quantitative estimate of drug-likeness (QED) is 0.580. The molecular formula is C30H37N7O3. The van der Waals surface area contributed by atoms with Gasteiger partial charge in [0.2, 0.25) is 0 Å². The van der Waals surface area contributed by atoms with Gasteiger partial charge < -0.3 is 15.0 Å². The number of hydrazine groups is 1. The molecule has 1 atom stereocenters. The van der Waals surface area contributed by atoms with Crippen LogP contribution in [0.1, 0.15) is 53.4 Å². The van der Waals surface area contributed by atoms with E-state index < -0.39 is 6.04 Å². The zero-order valence-corrected chi connectivity index (χ0v) is 23.4. The van der Waals surface area contributed by atoms with Crippen molar-refractivity contribution in [3.63, 3.8) is 0 Å². The van der Waals surface area contributed by atoms with Gasteiger partial charge in [-0.1, -0.05) is 18.2 Å². The third kappa shape index (κ3) is 5.02. The summed E-state index contributed by atoms with van der Waals surface area (Å²) in [6.45, 7) is 13.2. The van der Waals surface area contributed by atoms with Crippen LogP contribution in [0, 0.1) is 6.92 Å². The molecule has 2 aromatic carbocycles. The van der Waals surface area contributed by atoms with Crippen molar-refractivity contribution >= 4 is 28.9 Å². The van der Waals surface area contributed by atoms with E-state index in [1.165, 1.54) is 5.69 Å². The summed E-state index contributed by atoms with van der Waals surface area (Å²) in [5.41, 5.74) is 8.98. The zero-order chi connectivity index (χ0) is 27.8. The molecule has 10 nitrogen and oxygen atoms in total. The number of morpholine rings is 1. The highest BCUT2D eigenvalue weighted by molar-refractivity contribution is 6.22. The first-order chi connectivity index (χ1) is 19.4. The van der Waals surface area contributed by atoms with Crippen LogP contribution in [0.25, 0.3) is 5.70 Å². The van der Waals surface area contributed by atoms with E-state index in [4.69, 9.17) is 4.74 Å². The number of hydrogen-bond donors (Lipinski definition) is 2. The van der Waals surface area contributed by atoms with E-state index >= 15 is 0 Å². The van der Waals surface area contributed by atoms with Gasteiger partial charge in [0.15, 0.2) is 5.78 Å². The van der Waals surface area contributed by atoms with Gasteiger partial charge in [0.05, 0.1) is 30.0 Å². The average Bonchev–Trinajstić information content (AvgIpc) is 3.38. The van der Waals surface area contributed by atoms with Gasteiger partial charge in [-0.25, -0.2) is 9.80 Å². The zero-order valence-electron chi connectivity index (χ0n) is 23.4. The molecule has 2 amide bonds. The number of nitrogens with zero attached hydrogens (tertiary/aromatic N) is 5. The molecule has 2 aromatic rings. The van der Waals surface area contributed by atoms with Crippen molar-refractivity contribution in [3.8, 4) is 0 Å². The number of urea groups is 1. The number of ketones is 1. The molecule has 6 rings (SSSR count). The van der Waals surface area contributed by atoms with Crippen molar-refractivity contribution < 1.29 is 14.3 Å². The standard InChI is InChI=1S/C30H37N7O3/c1-19(2)35-10-5-11-36(13-12-35)21-8-9-22(20(3)18-21)27-26-28(33-32-27)23-6-4-7-24(25(23)29(26)38)31-30(39)34-37-14-16-40-17-15-37/h4,6-9,18-19,28H,5,10-17H2,1-3H3,(H2,31,34,39). The van der Waals surface area contributed by atoms with Crippen molar-refractivity contribution in [2.75, 3.05) is 62.7 Å². The first-order valence-electron chi connectivity index (χ1n) is 14.2. The van der Waals surface area contributed by atoms with E-state index in [1.807, 2.05) is 17.1 Å². The monoisotopic (exact) mass is 543 g/mol. The highest BCUT2D eigenvalue weighted by atomic mass is 16.5. The Balaban J connectivity index is 1.23. The number of rotatable bonds is 5. The molecule has 2 saturated heterocycles. The minimum atomic E-state index is -0.451. The van der Waals surface area contributed by atoms with Crippen LogP contribution in [-0.4, -0.2) is 80.2 Å². The lowest BCUT2D eigenvalue weighted by Crippen LogP contribution is -2.49. The summed E-state index contributed by atoms with van der Waals surface area (Å²) in [6.07, 6.45) is 1.14. The predicted molar refractivity (Wildman–Crippen MR) is 155 cm³/mol. The van der Waals surface area contributed by atoms with Crippen molar-refractivity contribution in [3.05, 3.63) is 64.2 Å². The van der Waals surface area contributed by atoms with E-state index in [-0.39, 0.29) is 11.8 Å². The molecule has 40 heavy (non-hydrogen) atoms. The predicted octanol–water partition coefficient (Wildman–Crippen LogP) is 4.40. The smallest absolute Gasteiger partial charge is 0.333 e. The second kappa shape index (κ2) is 11.1. The van der Waals surface area contributed by atoms with E-state index in [1.54, 1.807) is 6.07 Å². The van der Waals surface area contributed by atoms with Gasteiger partial charge in [-0.2, -0.15) is 10.2 Å². The Morgan fingerprint density at radius 3 is 2.65 bits per heavy atom. The van der Waals surface area contributed by atoms with Crippen LogP contribution in [0.3, 0.4) is 0 Å². The van der Waals surface area contributed by atoms with E-state index in [2.05, 4.69) is 69.7 Å². The molecule has 2 fully saturated rings. The normalized spacial score (nSPS) is 21.6. The number of amides is 2. The molecule has 2 N–H and O–H groups in total. The molecule has 0 saturated carbocycles. The molecule has 10 heteroatoms. The number of anilines is 2. The first kappa shape index (κ1) is 26.6. The fourth-order valence-electron chi connectivity index (χ4n) is 6.09. The van der Waals surface area contributed by atoms with Crippen molar-refractivity contribution in [1.29, 1.82) is 0 Å². The Hall–Kier alpha value is -3.60. The number of ether oxygens (including phenoxy) is 1. The summed E-state index contributed by atoms with van der Waals surface area (Å²) in [5, 5.41) is 13.7. The third-order valence-electron chi connectivity index (χ3n) is 8.27. The van der Waals surface area contributed by atoms with Crippen molar-refractivity contribution in [2.45, 2.75) is 39.3 Å². The Morgan fingerprint density at radius 2 is 1.88 bits per heavy atom. The van der Waals surface area contributed by atoms with Crippen LogP contribution in [0.15, 0.2) is 52.2 Å². The second-order valence-electron chi connectivity index (χ2n) is 11.1. The SMILES string of the molecule is Cc1cc(N2CCCN(C(C)C)CC2)ccc1C1=C2C(=O)c3c(NC(=O)NN4CCOCC4)cccc3C2N=N1. The number of hydrogen-bond acceptors (Lipinski definition) is 8. The molecule has 0 bridgehead atoms. The summed E-state index contributed by atoms with van der Waals surface area (Å²) < 4.78 is 5.34. The fraction of sp³-hybridized carbons (Fsp3) is 0.467. The Kier molecular flexibility index (Phi) is 7.39. The van der Waals surface area contributed by atoms with Gasteiger partial charge in [0.25, 0.3) is 0 Å². The first-order valence-corrected chi connectivity index (χ1v) is 14.2. The molecule has 0 spiro atoms. The average molecular weight is 544 g/mol. The summed E-state index contributed by atoms with van der Waals surface area (Å²) in [7, 11) is 0. The summed E-state index contributed by atoms with van der Waals surface area (Å²) in [5.74, 6) is -0.132. The topological polar surface area (TPSA) is 102 Å². The van der Waals surface area contributed by atoms with Crippen LogP contribution in [-0.2, 0) is 4.74 Å². The third-order valence-corrected chi connectivity index (χ3v) is 8.27. The number of nitrogens with one attached hydrogen (secondary N) is 2. The van der Waals surface area contributed by atoms with Gasteiger partial charge in [0, 0.05) is 56.6 Å². The van der Waals surface area contributed by atoms with E-state index in [9.17, 15) is 9.59 Å². The van der Waals surface area contributed by atoms with Gasteiger partial charge in [-0.15, -0.1) is 0 Å². The van der Waals surface area contributed by atoms with Gasteiger partial charge in [-0.3, -0.25) is 15.1 Å². The molecule has 4 aliphatic rings. The van der Waals surface area contributed by atoms with Crippen molar-refractivity contribution in [2.24, 2.45) is 10.2 Å². The number of benzene rings is 2. The van der Waals surface area contributed by atoms with Crippen LogP contribution in [0.2, 0.25) is 0 Å². The van der Waals surface area contributed by atoms with Crippen LogP contribution >= 0.6 is 0 Å². The molecule has 0 aromatic heterocycles. The Labute approximate surface area is 235 Å². The summed E-state index contributed by atoms with van der Waals surface area (Å²) in [4.78, 5) is 31.5. The number of aryl methyl sites for hydroxylation is 1. The maximum absolute atomic E-state index is 13.8. The highest BCUT2D eigenvalue weighted by Crippen LogP contribution is 2.49. The lowest BCUT2D eigenvalue weighted by atomic mass is 9.98. The molecule has 210 valence electrons. The van der Waals surface area contributed by atoms with Gasteiger partial charge >= 0.3 is 6.03 Å². The molecule has 1 unspecified atom stereocenters. The lowest BCUT2D eigenvalue weighted by Gasteiger charge is -2.27. The summed E-state index contributed by atoms with van der Waals surface area (Å²) >= 11 is 0. The van der Waals surface area contributed by atoms with Crippen molar-refractivity contribution in [1.82, 2.24) is 15.3 Å². The van der Waals surface area contributed by atoms with E-state index in [0.717, 1.165) is 49.3 Å². The number of carbonyl (C=O) groups is 2. The molecule has 3 heterocycles. The maximum Gasteiger partial charge on any atom is 0.333 e. The minimum Gasteiger partial charge on any atom is -0.379 e. The maximum atomic E-state index is 13.8. The van der Waals surface area contributed by atoms with Crippen LogP contribution in [0.5, 0.6) is 0 Å². The second-order valence-corrected chi connectivity index (χ2v) is 11.1. The molecular weight excluding hydrogens is 506 g/mol. The Morgan fingerprint density at radius 1 is 1.05 bits per heavy atom. The number of azo groups is 1. The lowest BCUT2D eigenvalue weighted by molar-refractivity contribution is 0.0207. The highest BCUT2D eigenvalue weighted by Gasteiger charge is 2.42. The number of carbonyl (C=O) groups excluding carboxylic acids is 2. The fourth-order valence-corrected chi connectivity index (χ4v) is 6.09. The van der Waals surface area contributed by atoms with Gasteiger partial charge in [-0.05, 0) is 56.5 Å². The largest absolute Gasteiger partial charge is 0.379 e. The molecule has 0 radical (unpaired) electrons.